The van der Waals surface area contributed by atoms with Crippen LogP contribution in [0.3, 0.4) is 0 Å². The van der Waals surface area contributed by atoms with E-state index < -0.39 is 12.9 Å². The van der Waals surface area contributed by atoms with Crippen molar-refractivity contribution in [3.63, 3.8) is 0 Å². The van der Waals surface area contributed by atoms with Crippen molar-refractivity contribution in [1.82, 2.24) is 0 Å². The van der Waals surface area contributed by atoms with Crippen molar-refractivity contribution >= 4 is 5.78 Å². The van der Waals surface area contributed by atoms with Crippen LogP contribution in [0.5, 0.6) is 0 Å². The first-order valence-electron chi connectivity index (χ1n) is 12.1. The van der Waals surface area contributed by atoms with Crippen LogP contribution in [0.25, 0.3) is 0 Å². The number of Topliss-reactive ketones (excluding diaryl/α,β-unsaturated/α-hetero) is 1. The molecule has 180 valence electrons. The first-order chi connectivity index (χ1) is 14.7. The Labute approximate surface area is 184 Å². The van der Waals surface area contributed by atoms with Crippen molar-refractivity contribution in [3.8, 4) is 0 Å². The minimum absolute atomic E-state index is 0.00538. The van der Waals surface area contributed by atoms with Crippen LogP contribution in [0.4, 0.5) is 0 Å². The van der Waals surface area contributed by atoms with Crippen LogP contribution in [0.15, 0.2) is 0 Å². The predicted octanol–water partition coefficient (Wildman–Crippen LogP) is 4.79. The Bertz CT molecular complexity index is 364. The molecule has 0 fully saturated rings. The fourth-order valence-electron chi connectivity index (χ4n) is 3.54. The number of ether oxygens (including phenoxy) is 3. The molecule has 6 nitrogen and oxygen atoms in total. The van der Waals surface area contributed by atoms with Crippen LogP contribution in [0.1, 0.15) is 103 Å². The van der Waals surface area contributed by atoms with Crippen LogP contribution in [0.2, 0.25) is 0 Å². The van der Waals surface area contributed by atoms with Crippen LogP contribution in [-0.2, 0) is 19.0 Å². The number of hydrogen-bond acceptors (Lipinski definition) is 6. The largest absolute Gasteiger partial charge is 0.394 e. The zero-order valence-electron chi connectivity index (χ0n) is 19.6. The third kappa shape index (κ3) is 19.4. The van der Waals surface area contributed by atoms with Gasteiger partial charge in [-0.2, -0.15) is 0 Å². The maximum absolute atomic E-state index is 12.0. The molecule has 0 aliphatic carbocycles. The Kier molecular flexibility index (Phi) is 22.7. The van der Waals surface area contributed by atoms with Gasteiger partial charge in [0.1, 0.15) is 19.5 Å². The fraction of sp³-hybridized carbons (Fsp3) is 0.958. The van der Waals surface area contributed by atoms with Crippen LogP contribution < -0.4 is 0 Å². The number of unbranched alkanes of at least 4 members (excludes halogenated alkanes) is 11. The zero-order chi connectivity index (χ0) is 22.3. The molecule has 0 aliphatic heterocycles. The molecule has 0 aliphatic rings. The summed E-state index contributed by atoms with van der Waals surface area (Å²) in [6.45, 7) is 1.61. The van der Waals surface area contributed by atoms with Gasteiger partial charge in [0.2, 0.25) is 0 Å². The lowest BCUT2D eigenvalue weighted by Gasteiger charge is -2.16. The van der Waals surface area contributed by atoms with Gasteiger partial charge in [-0.3, -0.25) is 4.79 Å². The van der Waals surface area contributed by atoms with E-state index in [-0.39, 0.29) is 31.7 Å². The van der Waals surface area contributed by atoms with E-state index in [1.807, 2.05) is 0 Å². The van der Waals surface area contributed by atoms with E-state index in [4.69, 9.17) is 24.4 Å². The van der Waals surface area contributed by atoms with Crippen molar-refractivity contribution in [2.24, 2.45) is 0 Å². The second kappa shape index (κ2) is 23.1. The first-order valence-corrected chi connectivity index (χ1v) is 12.1. The number of hydrogen-bond donors (Lipinski definition) is 2. The summed E-state index contributed by atoms with van der Waals surface area (Å²) in [7, 11) is 1.71. The van der Waals surface area contributed by atoms with Gasteiger partial charge in [-0.1, -0.05) is 84.0 Å². The summed E-state index contributed by atoms with van der Waals surface area (Å²) in [5, 5.41) is 17.8. The lowest BCUT2D eigenvalue weighted by Crippen LogP contribution is -2.27. The summed E-state index contributed by atoms with van der Waals surface area (Å²) < 4.78 is 15.6. The quantitative estimate of drug-likeness (QED) is 0.169. The molecule has 6 heteroatoms. The van der Waals surface area contributed by atoms with Gasteiger partial charge in [0, 0.05) is 13.5 Å². The van der Waals surface area contributed by atoms with Crippen LogP contribution in [-0.4, -0.2) is 61.9 Å². The van der Waals surface area contributed by atoms with Gasteiger partial charge in [0.25, 0.3) is 0 Å². The second-order valence-electron chi connectivity index (χ2n) is 8.23. The topological polar surface area (TPSA) is 85.2 Å². The SMILES string of the molecule is CCCCCCCCCCCCCCC(CCC(=O)COC(CO)COCO)OC. The van der Waals surface area contributed by atoms with Crippen molar-refractivity contribution in [3.05, 3.63) is 0 Å². The molecule has 0 amide bonds. The van der Waals surface area contributed by atoms with Gasteiger partial charge in [-0.05, 0) is 12.8 Å². The smallest absolute Gasteiger partial charge is 0.158 e. The standard InChI is InChI=1S/C24H48O6/c1-3-4-5-6-7-8-9-10-11-12-13-14-15-23(28-2)17-16-22(27)19-30-24(18-25)20-29-21-26/h23-26H,3-21H2,1-2H3. The zero-order valence-corrected chi connectivity index (χ0v) is 19.6. The highest BCUT2D eigenvalue weighted by atomic mass is 16.6. The lowest BCUT2D eigenvalue weighted by atomic mass is 10.0. The summed E-state index contributed by atoms with van der Waals surface area (Å²) >= 11 is 0. The van der Waals surface area contributed by atoms with E-state index >= 15 is 0 Å². The summed E-state index contributed by atoms with van der Waals surface area (Å²) in [6, 6.07) is 0. The molecule has 2 unspecified atom stereocenters. The number of ketones is 1. The Morgan fingerprint density at radius 1 is 0.800 bits per heavy atom. The summed E-state index contributed by atoms with van der Waals surface area (Å²) in [4.78, 5) is 12.0. The van der Waals surface area contributed by atoms with Crippen molar-refractivity contribution in [1.29, 1.82) is 0 Å². The summed E-state index contributed by atoms with van der Waals surface area (Å²) in [5.41, 5.74) is 0. The monoisotopic (exact) mass is 432 g/mol. The van der Waals surface area contributed by atoms with Gasteiger partial charge in [-0.15, -0.1) is 0 Å². The Balaban J connectivity index is 3.59. The number of rotatable bonds is 24. The van der Waals surface area contributed by atoms with Gasteiger partial charge in [0.05, 0.1) is 19.3 Å². The summed E-state index contributed by atoms with van der Waals surface area (Å²) in [5.74, 6) is -0.00538. The average Bonchev–Trinajstić information content (AvgIpc) is 2.76. The van der Waals surface area contributed by atoms with Crippen LogP contribution in [0, 0.1) is 0 Å². The number of carbonyl (C=O) groups is 1. The maximum Gasteiger partial charge on any atom is 0.158 e. The van der Waals surface area contributed by atoms with E-state index in [9.17, 15) is 4.79 Å². The highest BCUT2D eigenvalue weighted by Crippen LogP contribution is 2.15. The van der Waals surface area contributed by atoms with E-state index in [2.05, 4.69) is 6.92 Å². The molecular formula is C24H48O6. The van der Waals surface area contributed by atoms with E-state index in [0.29, 0.717) is 12.8 Å². The van der Waals surface area contributed by atoms with E-state index in [1.54, 1.807) is 7.11 Å². The Morgan fingerprint density at radius 3 is 1.87 bits per heavy atom. The third-order valence-electron chi connectivity index (χ3n) is 5.54. The molecule has 0 spiro atoms. The Hall–Kier alpha value is -0.530. The molecule has 0 bridgehead atoms. The maximum atomic E-state index is 12.0. The summed E-state index contributed by atoms with van der Waals surface area (Å²) in [6.07, 6.45) is 17.7. The molecule has 0 saturated heterocycles. The van der Waals surface area contributed by atoms with Crippen LogP contribution >= 0.6 is 0 Å². The average molecular weight is 433 g/mol. The predicted molar refractivity (Wildman–Crippen MR) is 121 cm³/mol. The molecule has 0 aromatic heterocycles. The van der Waals surface area contributed by atoms with E-state index in [0.717, 1.165) is 12.8 Å². The minimum atomic E-state index is -0.583. The second-order valence-corrected chi connectivity index (χ2v) is 8.23. The van der Waals surface area contributed by atoms with Gasteiger partial charge in [-0.25, -0.2) is 0 Å². The molecule has 0 radical (unpaired) electrons. The fourth-order valence-corrected chi connectivity index (χ4v) is 3.54. The number of aliphatic hydroxyl groups is 2. The number of aliphatic hydroxyl groups excluding tert-OH is 2. The highest BCUT2D eigenvalue weighted by Gasteiger charge is 2.14. The Morgan fingerprint density at radius 2 is 1.37 bits per heavy atom. The van der Waals surface area contributed by atoms with Crippen molar-refractivity contribution in [2.45, 2.75) is 115 Å². The highest BCUT2D eigenvalue weighted by molar-refractivity contribution is 5.79. The molecule has 0 saturated carbocycles. The first kappa shape index (κ1) is 29.5. The molecule has 2 N–H and O–H groups in total. The molecule has 0 aromatic rings. The lowest BCUT2D eigenvalue weighted by molar-refractivity contribution is -0.130. The molecular weight excluding hydrogens is 384 g/mol. The molecule has 0 aromatic carbocycles. The molecule has 30 heavy (non-hydrogen) atoms. The number of methoxy groups -OCH3 is 1. The van der Waals surface area contributed by atoms with Crippen molar-refractivity contribution in [2.75, 3.05) is 33.7 Å². The number of carbonyl (C=O) groups excluding carboxylic acids is 1. The normalized spacial score (nSPS) is 13.5. The van der Waals surface area contributed by atoms with E-state index in [1.165, 1.54) is 70.6 Å². The molecule has 2 atom stereocenters. The third-order valence-corrected chi connectivity index (χ3v) is 5.54. The molecule has 0 rings (SSSR count). The van der Waals surface area contributed by atoms with Gasteiger partial charge >= 0.3 is 0 Å². The van der Waals surface area contributed by atoms with Crippen molar-refractivity contribution < 1.29 is 29.2 Å². The van der Waals surface area contributed by atoms with Gasteiger partial charge in [0.15, 0.2) is 5.78 Å². The minimum Gasteiger partial charge on any atom is -0.394 e. The molecule has 0 heterocycles. The van der Waals surface area contributed by atoms with Gasteiger partial charge < -0.3 is 24.4 Å².